The lowest BCUT2D eigenvalue weighted by atomic mass is 10.4. The van der Waals surface area contributed by atoms with E-state index in [1.54, 1.807) is 20.4 Å². The molecule has 2 heterocycles. The fourth-order valence-electron chi connectivity index (χ4n) is 1.59. The fraction of sp³-hybridized carbons (Fsp3) is 0.364. The maximum absolute atomic E-state index is 5.28. The van der Waals surface area contributed by atoms with Crippen LogP contribution < -0.4 is 15.4 Å². The molecular formula is C11H16N6O. The Morgan fingerprint density at radius 2 is 2.17 bits per heavy atom. The van der Waals surface area contributed by atoms with Crippen molar-refractivity contribution in [1.29, 1.82) is 0 Å². The lowest BCUT2D eigenvalue weighted by Gasteiger charge is -2.12. The SMILES string of the molecule is CNc1ncnc(NCCn2cccn2)c1OC. The van der Waals surface area contributed by atoms with E-state index >= 15 is 0 Å². The van der Waals surface area contributed by atoms with E-state index in [-0.39, 0.29) is 0 Å². The molecule has 0 unspecified atom stereocenters. The average Bonchev–Trinajstić information content (AvgIpc) is 2.91. The van der Waals surface area contributed by atoms with Gasteiger partial charge in [-0.25, -0.2) is 9.97 Å². The van der Waals surface area contributed by atoms with Crippen LogP contribution in [0.5, 0.6) is 5.75 Å². The molecule has 2 aromatic heterocycles. The van der Waals surface area contributed by atoms with Crippen molar-refractivity contribution in [1.82, 2.24) is 19.7 Å². The average molecular weight is 248 g/mol. The van der Waals surface area contributed by atoms with Crippen molar-refractivity contribution < 1.29 is 4.74 Å². The zero-order valence-corrected chi connectivity index (χ0v) is 10.4. The van der Waals surface area contributed by atoms with Crippen LogP contribution in [-0.4, -0.2) is 40.5 Å². The molecule has 0 amide bonds. The summed E-state index contributed by atoms with van der Waals surface area (Å²) >= 11 is 0. The molecule has 0 radical (unpaired) electrons. The normalized spacial score (nSPS) is 10.1. The van der Waals surface area contributed by atoms with Crippen molar-refractivity contribution in [3.05, 3.63) is 24.8 Å². The van der Waals surface area contributed by atoms with Crippen molar-refractivity contribution >= 4 is 11.6 Å². The Hall–Kier alpha value is -2.31. The molecule has 2 rings (SSSR count). The van der Waals surface area contributed by atoms with Crippen LogP contribution in [0.15, 0.2) is 24.8 Å². The summed E-state index contributed by atoms with van der Waals surface area (Å²) in [4.78, 5) is 8.24. The summed E-state index contributed by atoms with van der Waals surface area (Å²) in [5.41, 5.74) is 0. The standard InChI is InChI=1S/C11H16N6O/c1-12-10-9(18-2)11(15-8-14-10)13-5-7-17-6-3-4-16-17/h3-4,6,8H,5,7H2,1-2H3,(H2,12,13,14,15). The first-order valence-electron chi connectivity index (χ1n) is 5.63. The Balaban J connectivity index is 2.00. The predicted octanol–water partition coefficient (Wildman–Crippen LogP) is 0.835. The van der Waals surface area contributed by atoms with Gasteiger partial charge in [-0.05, 0) is 6.07 Å². The Kier molecular flexibility index (Phi) is 3.95. The Labute approximate surface area is 105 Å². The summed E-state index contributed by atoms with van der Waals surface area (Å²) < 4.78 is 7.13. The molecule has 0 aliphatic carbocycles. The molecule has 2 aromatic rings. The number of rotatable bonds is 6. The van der Waals surface area contributed by atoms with E-state index in [4.69, 9.17) is 4.74 Å². The second-order valence-electron chi connectivity index (χ2n) is 3.55. The number of nitrogens with one attached hydrogen (secondary N) is 2. The molecule has 0 fully saturated rings. The van der Waals surface area contributed by atoms with E-state index in [1.807, 2.05) is 16.9 Å². The molecule has 7 nitrogen and oxygen atoms in total. The van der Waals surface area contributed by atoms with Crippen LogP contribution in [0, 0.1) is 0 Å². The molecule has 0 saturated carbocycles. The van der Waals surface area contributed by atoms with Crippen molar-refractivity contribution in [2.75, 3.05) is 31.3 Å². The van der Waals surface area contributed by atoms with Gasteiger partial charge in [0.05, 0.1) is 13.7 Å². The highest BCUT2D eigenvalue weighted by atomic mass is 16.5. The van der Waals surface area contributed by atoms with Gasteiger partial charge < -0.3 is 15.4 Å². The third-order valence-corrected chi connectivity index (χ3v) is 2.44. The van der Waals surface area contributed by atoms with Crippen molar-refractivity contribution in [3.8, 4) is 5.75 Å². The van der Waals surface area contributed by atoms with E-state index in [9.17, 15) is 0 Å². The molecule has 0 bridgehead atoms. The lowest BCUT2D eigenvalue weighted by Crippen LogP contribution is -2.13. The minimum atomic E-state index is 0.612. The summed E-state index contributed by atoms with van der Waals surface area (Å²) in [6.45, 7) is 1.47. The van der Waals surface area contributed by atoms with Gasteiger partial charge in [0.25, 0.3) is 0 Å². The van der Waals surface area contributed by atoms with Crippen LogP contribution >= 0.6 is 0 Å². The minimum Gasteiger partial charge on any atom is -0.490 e. The van der Waals surface area contributed by atoms with Crippen LogP contribution in [0.1, 0.15) is 0 Å². The molecular weight excluding hydrogens is 232 g/mol. The van der Waals surface area contributed by atoms with Gasteiger partial charge in [0, 0.05) is 26.0 Å². The number of nitrogens with zero attached hydrogens (tertiary/aromatic N) is 4. The third kappa shape index (κ3) is 2.68. The van der Waals surface area contributed by atoms with E-state index in [0.717, 1.165) is 6.54 Å². The molecule has 0 aliphatic heterocycles. The Bertz CT molecular complexity index is 484. The molecule has 7 heteroatoms. The summed E-state index contributed by atoms with van der Waals surface area (Å²) in [6.07, 6.45) is 5.16. The molecule has 96 valence electrons. The summed E-state index contributed by atoms with van der Waals surface area (Å²) in [5, 5.41) is 10.3. The Morgan fingerprint density at radius 3 is 2.83 bits per heavy atom. The largest absolute Gasteiger partial charge is 0.490 e. The highest BCUT2D eigenvalue weighted by molar-refractivity contribution is 5.63. The molecule has 0 atom stereocenters. The van der Waals surface area contributed by atoms with E-state index < -0.39 is 0 Å². The third-order valence-electron chi connectivity index (χ3n) is 2.44. The van der Waals surface area contributed by atoms with Gasteiger partial charge in [-0.3, -0.25) is 4.68 Å². The molecule has 0 saturated heterocycles. The zero-order valence-electron chi connectivity index (χ0n) is 10.4. The van der Waals surface area contributed by atoms with Gasteiger partial charge in [0.1, 0.15) is 6.33 Å². The van der Waals surface area contributed by atoms with Crippen LogP contribution in [0.25, 0.3) is 0 Å². The monoisotopic (exact) mass is 248 g/mol. The highest BCUT2D eigenvalue weighted by Crippen LogP contribution is 2.27. The molecule has 2 N–H and O–H groups in total. The van der Waals surface area contributed by atoms with Crippen molar-refractivity contribution in [2.45, 2.75) is 6.54 Å². The minimum absolute atomic E-state index is 0.612. The van der Waals surface area contributed by atoms with Gasteiger partial charge in [-0.2, -0.15) is 5.10 Å². The smallest absolute Gasteiger partial charge is 0.204 e. The first-order valence-corrected chi connectivity index (χ1v) is 5.63. The highest BCUT2D eigenvalue weighted by Gasteiger charge is 2.09. The number of aromatic nitrogens is 4. The molecule has 18 heavy (non-hydrogen) atoms. The Morgan fingerprint density at radius 1 is 1.33 bits per heavy atom. The molecule has 0 aliphatic rings. The second kappa shape index (κ2) is 5.85. The first kappa shape index (κ1) is 12.2. The fourth-order valence-corrected chi connectivity index (χ4v) is 1.59. The quantitative estimate of drug-likeness (QED) is 0.788. The van der Waals surface area contributed by atoms with Crippen molar-refractivity contribution in [3.63, 3.8) is 0 Å². The first-order chi connectivity index (χ1) is 8.85. The second-order valence-corrected chi connectivity index (χ2v) is 3.55. The number of methoxy groups -OCH3 is 1. The van der Waals surface area contributed by atoms with Crippen LogP contribution in [0.2, 0.25) is 0 Å². The number of ether oxygens (including phenoxy) is 1. The summed E-state index contributed by atoms with van der Waals surface area (Å²) in [6, 6.07) is 1.89. The molecule has 0 aromatic carbocycles. The summed E-state index contributed by atoms with van der Waals surface area (Å²) in [5.74, 6) is 1.94. The number of anilines is 2. The predicted molar refractivity (Wildman–Crippen MR) is 68.8 cm³/mol. The van der Waals surface area contributed by atoms with Gasteiger partial charge in [-0.1, -0.05) is 0 Å². The van der Waals surface area contributed by atoms with Crippen LogP contribution in [0.4, 0.5) is 11.6 Å². The lowest BCUT2D eigenvalue weighted by molar-refractivity contribution is 0.414. The van der Waals surface area contributed by atoms with Gasteiger partial charge >= 0.3 is 0 Å². The van der Waals surface area contributed by atoms with E-state index in [1.165, 1.54) is 6.33 Å². The topological polar surface area (TPSA) is 76.9 Å². The maximum Gasteiger partial charge on any atom is 0.204 e. The maximum atomic E-state index is 5.28. The van der Waals surface area contributed by atoms with E-state index in [2.05, 4.69) is 25.7 Å². The number of hydrogen-bond donors (Lipinski definition) is 2. The van der Waals surface area contributed by atoms with Gasteiger partial charge in [0.15, 0.2) is 11.6 Å². The van der Waals surface area contributed by atoms with Crippen LogP contribution in [-0.2, 0) is 6.54 Å². The number of hydrogen-bond acceptors (Lipinski definition) is 6. The van der Waals surface area contributed by atoms with Gasteiger partial charge in [0.2, 0.25) is 5.75 Å². The van der Waals surface area contributed by atoms with Crippen molar-refractivity contribution in [2.24, 2.45) is 0 Å². The molecule has 0 spiro atoms. The summed E-state index contributed by atoms with van der Waals surface area (Å²) in [7, 11) is 3.39. The van der Waals surface area contributed by atoms with E-state index in [0.29, 0.717) is 23.9 Å². The zero-order chi connectivity index (χ0) is 12.8. The van der Waals surface area contributed by atoms with Gasteiger partial charge in [-0.15, -0.1) is 0 Å². The van der Waals surface area contributed by atoms with Crippen LogP contribution in [0.3, 0.4) is 0 Å².